The highest BCUT2D eigenvalue weighted by Gasteiger charge is 2.35. The smallest absolute Gasteiger partial charge is 0.418 e. The molecule has 11 heteroatoms. The number of carbonyl (C=O) groups is 1. The summed E-state index contributed by atoms with van der Waals surface area (Å²) in [6.45, 7) is 1.86. The zero-order valence-corrected chi connectivity index (χ0v) is 18.9. The van der Waals surface area contributed by atoms with E-state index in [1.807, 2.05) is 11.6 Å². The Morgan fingerprint density at radius 2 is 1.64 bits per heavy atom. The third kappa shape index (κ3) is 5.77. The fourth-order valence-corrected chi connectivity index (χ4v) is 4.17. The van der Waals surface area contributed by atoms with Crippen LogP contribution in [0.3, 0.4) is 0 Å². The molecule has 2 N–H and O–H groups in total. The molecular weight excluding hydrogens is 481 g/mol. The van der Waals surface area contributed by atoms with E-state index in [-0.39, 0.29) is 21.4 Å². The van der Waals surface area contributed by atoms with Gasteiger partial charge in [0.15, 0.2) is 0 Å². The van der Waals surface area contributed by atoms with Crippen molar-refractivity contribution in [3.05, 3.63) is 82.4 Å². The van der Waals surface area contributed by atoms with Crippen LogP contribution in [0.15, 0.2) is 65.6 Å². The van der Waals surface area contributed by atoms with Crippen LogP contribution in [0, 0.1) is 6.92 Å². The van der Waals surface area contributed by atoms with Gasteiger partial charge in [0.2, 0.25) is 0 Å². The van der Waals surface area contributed by atoms with Gasteiger partial charge in [-0.1, -0.05) is 29.3 Å². The van der Waals surface area contributed by atoms with Crippen LogP contribution < -0.4 is 14.8 Å². The van der Waals surface area contributed by atoms with Gasteiger partial charge in [-0.2, -0.15) is 13.2 Å². The van der Waals surface area contributed by atoms with Crippen LogP contribution in [-0.4, -0.2) is 21.4 Å². The first-order chi connectivity index (χ1) is 15.4. The van der Waals surface area contributed by atoms with Gasteiger partial charge in [-0.3, -0.25) is 9.52 Å². The number of methoxy groups -OCH3 is 1. The molecule has 3 aromatic rings. The van der Waals surface area contributed by atoms with Crippen molar-refractivity contribution in [1.29, 1.82) is 0 Å². The van der Waals surface area contributed by atoms with Gasteiger partial charge < -0.3 is 10.1 Å². The molecule has 0 saturated heterocycles. The Hall–Kier alpha value is -3.24. The number of alkyl halides is 3. The largest absolute Gasteiger partial charge is 0.495 e. The Kier molecular flexibility index (Phi) is 6.89. The third-order valence-corrected chi connectivity index (χ3v) is 6.17. The lowest BCUT2D eigenvalue weighted by atomic mass is 10.1. The highest BCUT2D eigenvalue weighted by atomic mass is 35.5. The second-order valence-electron chi connectivity index (χ2n) is 6.98. The molecule has 0 aromatic heterocycles. The number of aryl methyl sites for hydroxylation is 1. The number of hydrogen-bond donors (Lipinski definition) is 2. The number of sulfonamides is 1. The van der Waals surface area contributed by atoms with E-state index >= 15 is 0 Å². The van der Waals surface area contributed by atoms with Crippen LogP contribution in [0.1, 0.15) is 21.5 Å². The van der Waals surface area contributed by atoms with Crippen molar-refractivity contribution in [2.24, 2.45) is 0 Å². The topological polar surface area (TPSA) is 84.5 Å². The van der Waals surface area contributed by atoms with Crippen LogP contribution in [0.4, 0.5) is 24.5 Å². The minimum Gasteiger partial charge on any atom is -0.495 e. The Morgan fingerprint density at radius 1 is 0.970 bits per heavy atom. The van der Waals surface area contributed by atoms with Crippen molar-refractivity contribution in [3.63, 3.8) is 0 Å². The van der Waals surface area contributed by atoms with Gasteiger partial charge >= 0.3 is 6.18 Å². The average molecular weight is 499 g/mol. The molecule has 0 spiro atoms. The molecule has 0 aliphatic carbocycles. The highest BCUT2D eigenvalue weighted by Crippen LogP contribution is 2.38. The number of carbonyl (C=O) groups excluding carboxylic acids is 1. The molecule has 33 heavy (non-hydrogen) atoms. The predicted molar refractivity (Wildman–Crippen MR) is 119 cm³/mol. The molecule has 0 heterocycles. The first-order valence-corrected chi connectivity index (χ1v) is 11.2. The van der Waals surface area contributed by atoms with Gasteiger partial charge in [-0.15, -0.1) is 0 Å². The molecule has 0 aliphatic rings. The molecule has 6 nitrogen and oxygen atoms in total. The number of amides is 1. The van der Waals surface area contributed by atoms with E-state index in [0.717, 1.165) is 29.8 Å². The van der Waals surface area contributed by atoms with Gasteiger partial charge in [0.05, 0.1) is 28.9 Å². The highest BCUT2D eigenvalue weighted by molar-refractivity contribution is 7.92. The summed E-state index contributed by atoms with van der Waals surface area (Å²) in [5, 5.41) is 2.36. The normalized spacial score (nSPS) is 11.7. The lowest BCUT2D eigenvalue weighted by molar-refractivity contribution is -0.136. The fourth-order valence-electron chi connectivity index (χ4n) is 2.90. The van der Waals surface area contributed by atoms with E-state index < -0.39 is 33.4 Å². The number of benzene rings is 3. The van der Waals surface area contributed by atoms with Crippen molar-refractivity contribution < 1.29 is 31.1 Å². The summed E-state index contributed by atoms with van der Waals surface area (Å²) in [7, 11) is -3.14. The van der Waals surface area contributed by atoms with Gasteiger partial charge in [-0.25, -0.2) is 8.42 Å². The van der Waals surface area contributed by atoms with Crippen molar-refractivity contribution in [2.75, 3.05) is 17.1 Å². The summed E-state index contributed by atoms with van der Waals surface area (Å²) in [6, 6.07) is 12.9. The molecule has 174 valence electrons. The van der Waals surface area contributed by atoms with E-state index in [4.69, 9.17) is 16.3 Å². The Labute approximate surface area is 193 Å². The van der Waals surface area contributed by atoms with E-state index in [0.29, 0.717) is 11.6 Å². The third-order valence-electron chi connectivity index (χ3n) is 4.57. The predicted octanol–water partition coefficient (Wildman–Crippen LogP) is 5.73. The molecule has 0 unspecified atom stereocenters. The monoisotopic (exact) mass is 498 g/mol. The summed E-state index contributed by atoms with van der Waals surface area (Å²) < 4.78 is 72.8. The molecule has 0 saturated carbocycles. The SMILES string of the molecule is COc1ccc(S(=O)(=O)Nc2ccc(Cl)cc2C(F)(F)F)cc1NC(=O)c1ccc(C)cc1. The molecule has 0 aliphatic heterocycles. The molecule has 1 amide bonds. The second kappa shape index (κ2) is 9.32. The lowest BCUT2D eigenvalue weighted by Crippen LogP contribution is -2.18. The second-order valence-corrected chi connectivity index (χ2v) is 9.09. The maximum Gasteiger partial charge on any atom is 0.418 e. The Morgan fingerprint density at radius 3 is 2.24 bits per heavy atom. The summed E-state index contributed by atoms with van der Waals surface area (Å²) >= 11 is 5.64. The van der Waals surface area contributed by atoms with Crippen molar-refractivity contribution in [1.82, 2.24) is 0 Å². The summed E-state index contributed by atoms with van der Waals surface area (Å²) in [5.74, 6) is -0.357. The van der Waals surface area contributed by atoms with E-state index in [1.165, 1.54) is 13.2 Å². The Bertz CT molecular complexity index is 1290. The van der Waals surface area contributed by atoms with Crippen molar-refractivity contribution >= 4 is 38.9 Å². The molecule has 0 bridgehead atoms. The number of rotatable bonds is 6. The number of anilines is 2. The van der Waals surface area contributed by atoms with E-state index in [2.05, 4.69) is 5.32 Å². The molecule has 3 aromatic carbocycles. The summed E-state index contributed by atoms with van der Waals surface area (Å²) in [6.07, 6.45) is -4.84. The number of ether oxygens (including phenoxy) is 1. The molecule has 3 rings (SSSR count). The zero-order chi connectivity index (χ0) is 24.4. The number of halogens is 4. The number of hydrogen-bond acceptors (Lipinski definition) is 4. The minimum absolute atomic E-state index is 0.0260. The van der Waals surface area contributed by atoms with Crippen LogP contribution in [0.2, 0.25) is 5.02 Å². The van der Waals surface area contributed by atoms with Crippen molar-refractivity contribution in [3.8, 4) is 5.75 Å². The quantitative estimate of drug-likeness (QED) is 0.454. The van der Waals surface area contributed by atoms with Crippen molar-refractivity contribution in [2.45, 2.75) is 18.0 Å². The molecule has 0 radical (unpaired) electrons. The van der Waals surface area contributed by atoms with E-state index in [1.54, 1.807) is 24.3 Å². The Balaban J connectivity index is 1.95. The molecule has 0 atom stereocenters. The lowest BCUT2D eigenvalue weighted by Gasteiger charge is -2.16. The first-order valence-electron chi connectivity index (χ1n) is 9.36. The maximum atomic E-state index is 13.3. The van der Waals surface area contributed by atoms with Gasteiger partial charge in [0.25, 0.3) is 15.9 Å². The zero-order valence-electron chi connectivity index (χ0n) is 17.3. The first kappa shape index (κ1) is 24.4. The van der Waals surface area contributed by atoms with E-state index in [9.17, 15) is 26.4 Å². The number of nitrogens with one attached hydrogen (secondary N) is 2. The van der Waals surface area contributed by atoms with Crippen LogP contribution in [0.25, 0.3) is 0 Å². The fraction of sp³-hybridized carbons (Fsp3) is 0.136. The summed E-state index contributed by atoms with van der Waals surface area (Å²) in [5.41, 5.74) is -0.625. The van der Waals surface area contributed by atoms with Crippen LogP contribution in [0.5, 0.6) is 5.75 Å². The van der Waals surface area contributed by atoms with Crippen LogP contribution in [-0.2, 0) is 16.2 Å². The minimum atomic E-state index is -4.84. The van der Waals surface area contributed by atoms with Gasteiger partial charge in [0, 0.05) is 10.6 Å². The summed E-state index contributed by atoms with van der Waals surface area (Å²) in [4.78, 5) is 12.2. The maximum absolute atomic E-state index is 13.3. The average Bonchev–Trinajstić information content (AvgIpc) is 2.74. The van der Waals surface area contributed by atoms with Gasteiger partial charge in [-0.05, 0) is 55.5 Å². The standard InChI is InChI=1S/C22H18ClF3N2O4S/c1-13-3-5-14(6-4-13)21(29)27-19-12-16(8-10-20(19)32-2)33(30,31)28-18-9-7-15(23)11-17(18)22(24,25)26/h3-12,28H,1-2H3,(H,27,29). The molecule has 0 fully saturated rings. The van der Waals surface area contributed by atoms with Crippen LogP contribution >= 0.6 is 11.6 Å². The molecular formula is C22H18ClF3N2O4S. The van der Waals surface area contributed by atoms with Gasteiger partial charge in [0.1, 0.15) is 5.75 Å².